The first kappa shape index (κ1) is 6.82. The second kappa shape index (κ2) is 2.53. The summed E-state index contributed by atoms with van der Waals surface area (Å²) in [5.41, 5.74) is 0. The maximum Gasteiger partial charge on any atom is 0.200 e. The lowest BCUT2D eigenvalue weighted by atomic mass is 11.2. The number of hydrogen-bond donors (Lipinski definition) is 1. The molecular formula is C4H7N3S2. The van der Waals surface area contributed by atoms with Crippen LogP contribution in [0.2, 0.25) is 0 Å². The van der Waals surface area contributed by atoms with Gasteiger partial charge in [-0.3, -0.25) is 5.41 Å². The van der Waals surface area contributed by atoms with Gasteiger partial charge in [-0.05, 0) is 6.26 Å². The van der Waals surface area contributed by atoms with Gasteiger partial charge in [-0.25, -0.2) is 4.68 Å². The molecule has 9 heavy (non-hydrogen) atoms. The lowest BCUT2D eigenvalue weighted by molar-refractivity contribution is 0.696. The van der Waals surface area contributed by atoms with Crippen LogP contribution in [-0.2, 0) is 7.05 Å². The Bertz CT molecular complexity index is 249. The van der Waals surface area contributed by atoms with Crippen molar-refractivity contribution in [3.63, 3.8) is 0 Å². The lowest BCUT2D eigenvalue weighted by Gasteiger charge is -1.81. The number of nitrogens with one attached hydrogen (secondary N) is 1. The molecule has 0 aromatic carbocycles. The van der Waals surface area contributed by atoms with E-state index in [1.165, 1.54) is 11.3 Å². The summed E-state index contributed by atoms with van der Waals surface area (Å²) in [6.07, 6.45) is 1.96. The van der Waals surface area contributed by atoms with E-state index in [0.717, 1.165) is 4.34 Å². The third kappa shape index (κ3) is 1.34. The van der Waals surface area contributed by atoms with Gasteiger partial charge >= 0.3 is 0 Å². The molecule has 0 atom stereocenters. The van der Waals surface area contributed by atoms with Crippen LogP contribution < -0.4 is 4.80 Å². The average molecular weight is 161 g/mol. The molecule has 0 bridgehead atoms. The highest BCUT2D eigenvalue weighted by Crippen LogP contribution is 2.11. The Kier molecular flexibility index (Phi) is 1.92. The van der Waals surface area contributed by atoms with Crippen molar-refractivity contribution >= 4 is 23.1 Å². The van der Waals surface area contributed by atoms with Crippen LogP contribution in [0.3, 0.4) is 0 Å². The SMILES string of the molecule is CSc1nn(C)c(=N)s1. The van der Waals surface area contributed by atoms with Gasteiger partial charge in [0.15, 0.2) is 4.34 Å². The summed E-state index contributed by atoms with van der Waals surface area (Å²) in [7, 11) is 1.78. The van der Waals surface area contributed by atoms with E-state index in [1.807, 2.05) is 6.26 Å². The first-order chi connectivity index (χ1) is 4.24. The molecule has 1 rings (SSSR count). The van der Waals surface area contributed by atoms with Gasteiger partial charge in [0.2, 0.25) is 4.80 Å². The van der Waals surface area contributed by atoms with E-state index < -0.39 is 0 Å². The summed E-state index contributed by atoms with van der Waals surface area (Å²) < 4.78 is 2.51. The zero-order valence-electron chi connectivity index (χ0n) is 5.21. The Labute approximate surface area is 61.2 Å². The average Bonchev–Trinajstić information content (AvgIpc) is 2.13. The quantitative estimate of drug-likeness (QED) is 0.615. The number of rotatable bonds is 1. The first-order valence-electron chi connectivity index (χ1n) is 2.37. The molecule has 0 fully saturated rings. The van der Waals surface area contributed by atoms with E-state index in [0.29, 0.717) is 4.80 Å². The number of aromatic nitrogens is 2. The van der Waals surface area contributed by atoms with Crippen LogP contribution in [0.1, 0.15) is 0 Å². The van der Waals surface area contributed by atoms with Crippen LogP contribution in [0.15, 0.2) is 4.34 Å². The molecule has 0 aliphatic heterocycles. The summed E-state index contributed by atoms with van der Waals surface area (Å²) in [6.45, 7) is 0. The second-order valence-electron chi connectivity index (χ2n) is 1.50. The van der Waals surface area contributed by atoms with Crippen LogP contribution in [0.25, 0.3) is 0 Å². The minimum atomic E-state index is 0.499. The smallest absolute Gasteiger partial charge is 0.200 e. The standard InChI is InChI=1S/C4H7N3S2/c1-7-3(5)9-4(6-7)8-2/h5H,1-2H3. The predicted molar refractivity (Wildman–Crippen MR) is 38.7 cm³/mol. The van der Waals surface area contributed by atoms with Crippen molar-refractivity contribution in [1.29, 1.82) is 5.41 Å². The van der Waals surface area contributed by atoms with Gasteiger partial charge in [-0.1, -0.05) is 23.1 Å². The molecule has 3 nitrogen and oxygen atoms in total. The minimum absolute atomic E-state index is 0.499. The van der Waals surface area contributed by atoms with E-state index in [-0.39, 0.29) is 0 Å². The second-order valence-corrected chi connectivity index (χ2v) is 3.53. The highest BCUT2D eigenvalue weighted by molar-refractivity contribution is 8.00. The fourth-order valence-electron chi connectivity index (χ4n) is 0.420. The van der Waals surface area contributed by atoms with Crippen LogP contribution >= 0.6 is 23.1 Å². The minimum Gasteiger partial charge on any atom is -0.274 e. The van der Waals surface area contributed by atoms with Crippen LogP contribution in [0.5, 0.6) is 0 Å². The zero-order chi connectivity index (χ0) is 6.85. The first-order valence-corrected chi connectivity index (χ1v) is 4.41. The van der Waals surface area contributed by atoms with Crippen molar-refractivity contribution in [2.45, 2.75) is 4.34 Å². The maximum absolute atomic E-state index is 7.25. The summed E-state index contributed by atoms with van der Waals surface area (Å²) in [6, 6.07) is 0. The van der Waals surface area contributed by atoms with Crippen molar-refractivity contribution in [2.75, 3.05) is 6.26 Å². The molecule has 1 N–H and O–H groups in total. The summed E-state index contributed by atoms with van der Waals surface area (Å²) in [5.74, 6) is 0. The molecule has 0 saturated heterocycles. The van der Waals surface area contributed by atoms with Crippen molar-refractivity contribution in [2.24, 2.45) is 7.05 Å². The van der Waals surface area contributed by atoms with Gasteiger partial charge < -0.3 is 0 Å². The molecule has 1 aromatic rings. The number of nitrogens with zero attached hydrogens (tertiary/aromatic N) is 2. The number of thioether (sulfide) groups is 1. The summed E-state index contributed by atoms with van der Waals surface area (Å²) in [4.78, 5) is 0.499. The largest absolute Gasteiger partial charge is 0.274 e. The van der Waals surface area contributed by atoms with Gasteiger partial charge in [0.1, 0.15) is 0 Å². The Morgan fingerprint density at radius 1 is 1.78 bits per heavy atom. The Morgan fingerprint density at radius 2 is 2.44 bits per heavy atom. The fourth-order valence-corrected chi connectivity index (χ4v) is 1.70. The van der Waals surface area contributed by atoms with Gasteiger partial charge in [0.05, 0.1) is 0 Å². The van der Waals surface area contributed by atoms with Crippen LogP contribution in [0, 0.1) is 5.41 Å². The van der Waals surface area contributed by atoms with Gasteiger partial charge in [-0.15, -0.1) is 0 Å². The number of aryl methyl sites for hydroxylation is 1. The van der Waals surface area contributed by atoms with Crippen molar-refractivity contribution in [1.82, 2.24) is 9.78 Å². The third-order valence-electron chi connectivity index (χ3n) is 0.884. The molecule has 0 amide bonds. The lowest BCUT2D eigenvalue weighted by Crippen LogP contribution is -2.08. The van der Waals surface area contributed by atoms with E-state index >= 15 is 0 Å². The highest BCUT2D eigenvalue weighted by Gasteiger charge is 1.95. The van der Waals surface area contributed by atoms with E-state index in [4.69, 9.17) is 5.41 Å². The molecular weight excluding hydrogens is 154 g/mol. The monoisotopic (exact) mass is 161 g/mol. The molecule has 0 spiro atoms. The molecule has 0 saturated carbocycles. The Hall–Kier alpha value is -0.290. The normalized spacial score (nSPS) is 10.0. The van der Waals surface area contributed by atoms with E-state index in [9.17, 15) is 0 Å². The van der Waals surface area contributed by atoms with E-state index in [2.05, 4.69) is 5.10 Å². The van der Waals surface area contributed by atoms with Gasteiger partial charge in [-0.2, -0.15) is 5.10 Å². The topological polar surface area (TPSA) is 41.7 Å². The third-order valence-corrected chi connectivity index (χ3v) is 2.78. The van der Waals surface area contributed by atoms with E-state index in [1.54, 1.807) is 23.5 Å². The van der Waals surface area contributed by atoms with Gasteiger partial charge in [0.25, 0.3) is 0 Å². The molecule has 0 aliphatic rings. The molecule has 50 valence electrons. The van der Waals surface area contributed by atoms with Crippen LogP contribution in [-0.4, -0.2) is 16.0 Å². The Morgan fingerprint density at radius 3 is 2.67 bits per heavy atom. The highest BCUT2D eigenvalue weighted by atomic mass is 32.2. The zero-order valence-corrected chi connectivity index (χ0v) is 6.84. The van der Waals surface area contributed by atoms with Crippen LogP contribution in [0.4, 0.5) is 0 Å². The predicted octanol–water partition coefficient (Wildman–Crippen LogP) is 0.683. The maximum atomic E-state index is 7.25. The van der Waals surface area contributed by atoms with Crippen molar-refractivity contribution in [3.05, 3.63) is 4.80 Å². The van der Waals surface area contributed by atoms with Crippen molar-refractivity contribution < 1.29 is 0 Å². The molecule has 0 radical (unpaired) electrons. The Balaban J connectivity index is 3.13. The fraction of sp³-hybridized carbons (Fsp3) is 0.500. The summed E-state index contributed by atoms with van der Waals surface area (Å²) >= 11 is 2.97. The van der Waals surface area contributed by atoms with Gasteiger partial charge in [0, 0.05) is 7.05 Å². The number of hydrogen-bond acceptors (Lipinski definition) is 4. The summed E-state index contributed by atoms with van der Waals surface area (Å²) in [5, 5.41) is 11.3. The molecule has 0 unspecified atom stereocenters. The molecule has 5 heteroatoms. The molecule has 0 aliphatic carbocycles. The molecule has 1 heterocycles. The van der Waals surface area contributed by atoms with Crippen molar-refractivity contribution in [3.8, 4) is 0 Å². The molecule has 1 aromatic heterocycles.